The van der Waals surface area contributed by atoms with Crippen LogP contribution < -0.4 is 20.1 Å². The number of hydrogen-bond donors (Lipinski definition) is 2. The molecule has 0 saturated heterocycles. The van der Waals surface area contributed by atoms with E-state index >= 15 is 0 Å². The van der Waals surface area contributed by atoms with Crippen molar-refractivity contribution in [2.45, 2.75) is 19.1 Å². The zero-order valence-electron chi connectivity index (χ0n) is 13.3. The third-order valence-corrected chi connectivity index (χ3v) is 4.03. The highest BCUT2D eigenvalue weighted by Gasteiger charge is 2.19. The average molecular weight is 316 g/mol. The maximum Gasteiger partial charge on any atom is 0.165 e. The van der Waals surface area contributed by atoms with Gasteiger partial charge < -0.3 is 20.1 Å². The summed E-state index contributed by atoms with van der Waals surface area (Å²) in [5, 5.41) is 6.79. The van der Waals surface area contributed by atoms with Crippen LogP contribution in [0.3, 0.4) is 0 Å². The van der Waals surface area contributed by atoms with Gasteiger partial charge in [-0.15, -0.1) is 0 Å². The van der Waals surface area contributed by atoms with Gasteiger partial charge in [-0.3, -0.25) is 0 Å². The van der Waals surface area contributed by atoms with Crippen molar-refractivity contribution in [1.29, 1.82) is 0 Å². The van der Waals surface area contributed by atoms with Gasteiger partial charge in [0, 0.05) is 12.6 Å². The molecule has 5 heteroatoms. The molecule has 122 valence electrons. The summed E-state index contributed by atoms with van der Waals surface area (Å²) in [6.07, 6.45) is 0.0506. The van der Waals surface area contributed by atoms with E-state index in [1.807, 2.05) is 31.2 Å². The summed E-state index contributed by atoms with van der Waals surface area (Å²) in [5.74, 6) is 0.794. The Hall–Kier alpha value is -2.27. The molecule has 0 bridgehead atoms. The van der Waals surface area contributed by atoms with Crippen LogP contribution >= 0.6 is 0 Å². The molecule has 0 amide bonds. The number of fused-ring (bicyclic) bond motifs is 1. The van der Waals surface area contributed by atoms with Crippen LogP contribution in [0.25, 0.3) is 0 Å². The molecular formula is C18H21FN2O2. The van der Waals surface area contributed by atoms with E-state index in [0.717, 1.165) is 23.5 Å². The van der Waals surface area contributed by atoms with Crippen LogP contribution in [-0.2, 0) is 0 Å². The van der Waals surface area contributed by atoms with Gasteiger partial charge >= 0.3 is 0 Å². The normalized spacial score (nSPS) is 17.6. The van der Waals surface area contributed by atoms with Crippen molar-refractivity contribution in [3.05, 3.63) is 53.8 Å². The molecule has 2 atom stereocenters. The van der Waals surface area contributed by atoms with Gasteiger partial charge in [0.15, 0.2) is 11.6 Å². The number of para-hydroxylation sites is 2. The fraction of sp³-hybridized carbons (Fsp3) is 0.333. The summed E-state index contributed by atoms with van der Waals surface area (Å²) in [6, 6.07) is 12.9. The quantitative estimate of drug-likeness (QED) is 0.888. The van der Waals surface area contributed by atoms with Crippen molar-refractivity contribution in [3.63, 3.8) is 0 Å². The predicted molar refractivity (Wildman–Crippen MR) is 88.7 cm³/mol. The van der Waals surface area contributed by atoms with Crippen LogP contribution in [0.1, 0.15) is 18.5 Å². The Kier molecular flexibility index (Phi) is 4.67. The Balaban J connectivity index is 1.58. The molecule has 0 fully saturated rings. The van der Waals surface area contributed by atoms with E-state index in [9.17, 15) is 4.39 Å². The van der Waals surface area contributed by atoms with E-state index < -0.39 is 0 Å². The van der Waals surface area contributed by atoms with Crippen molar-refractivity contribution in [1.82, 2.24) is 5.32 Å². The van der Waals surface area contributed by atoms with Crippen LogP contribution in [0.5, 0.6) is 11.5 Å². The predicted octanol–water partition coefficient (Wildman–Crippen LogP) is 3.36. The van der Waals surface area contributed by atoms with Crippen molar-refractivity contribution in [2.75, 3.05) is 25.5 Å². The molecule has 23 heavy (non-hydrogen) atoms. The molecule has 1 aliphatic heterocycles. The van der Waals surface area contributed by atoms with Gasteiger partial charge in [0.2, 0.25) is 0 Å². The van der Waals surface area contributed by atoms with E-state index in [-0.39, 0.29) is 23.7 Å². The van der Waals surface area contributed by atoms with Gasteiger partial charge in [0.1, 0.15) is 11.9 Å². The van der Waals surface area contributed by atoms with Gasteiger partial charge in [-0.05, 0) is 36.8 Å². The zero-order valence-corrected chi connectivity index (χ0v) is 13.3. The number of anilines is 1. The maximum atomic E-state index is 13.5. The Labute approximate surface area is 135 Å². The monoisotopic (exact) mass is 316 g/mol. The number of benzene rings is 2. The lowest BCUT2D eigenvalue weighted by Gasteiger charge is -2.28. The summed E-state index contributed by atoms with van der Waals surface area (Å²) >= 11 is 0. The van der Waals surface area contributed by atoms with E-state index in [0.29, 0.717) is 6.54 Å². The van der Waals surface area contributed by atoms with Gasteiger partial charge in [0.25, 0.3) is 0 Å². The highest BCUT2D eigenvalue weighted by atomic mass is 19.1. The summed E-state index contributed by atoms with van der Waals surface area (Å²) in [6.45, 7) is 3.49. The molecular weight excluding hydrogens is 295 g/mol. The van der Waals surface area contributed by atoms with Gasteiger partial charge in [-0.2, -0.15) is 0 Å². The van der Waals surface area contributed by atoms with E-state index in [1.165, 1.54) is 13.2 Å². The molecule has 0 aliphatic carbocycles. The molecule has 2 N–H and O–H groups in total. The summed E-state index contributed by atoms with van der Waals surface area (Å²) in [5.41, 5.74) is 2.01. The van der Waals surface area contributed by atoms with Crippen LogP contribution in [0.15, 0.2) is 42.5 Å². The lowest BCUT2D eigenvalue weighted by molar-refractivity contribution is 0.198. The first-order chi connectivity index (χ1) is 11.2. The third-order valence-electron chi connectivity index (χ3n) is 4.03. The van der Waals surface area contributed by atoms with Crippen LogP contribution in [0.4, 0.5) is 10.1 Å². The molecule has 4 nitrogen and oxygen atoms in total. The Bertz CT molecular complexity index is 678. The first kappa shape index (κ1) is 15.6. The van der Waals surface area contributed by atoms with E-state index in [4.69, 9.17) is 9.47 Å². The number of methoxy groups -OCH3 is 1. The lowest BCUT2D eigenvalue weighted by Crippen LogP contribution is -2.40. The number of hydrogen-bond acceptors (Lipinski definition) is 4. The molecule has 1 unspecified atom stereocenters. The molecule has 0 saturated carbocycles. The molecule has 2 aromatic carbocycles. The second-order valence-corrected chi connectivity index (χ2v) is 5.64. The first-order valence-corrected chi connectivity index (χ1v) is 7.73. The van der Waals surface area contributed by atoms with Crippen molar-refractivity contribution >= 4 is 5.69 Å². The summed E-state index contributed by atoms with van der Waals surface area (Å²) in [4.78, 5) is 0. The summed E-state index contributed by atoms with van der Waals surface area (Å²) < 4.78 is 24.5. The van der Waals surface area contributed by atoms with Crippen LogP contribution in [0, 0.1) is 5.82 Å². The Morgan fingerprint density at radius 1 is 1.35 bits per heavy atom. The molecule has 3 rings (SSSR count). The summed E-state index contributed by atoms with van der Waals surface area (Å²) in [7, 11) is 1.47. The smallest absolute Gasteiger partial charge is 0.165 e. The molecule has 0 spiro atoms. The second kappa shape index (κ2) is 6.87. The number of nitrogens with one attached hydrogen (secondary N) is 2. The molecule has 2 aromatic rings. The maximum absolute atomic E-state index is 13.5. The SMILES string of the molecule is COc1cc([C@@H](C)NCC2CNc3ccccc3O2)ccc1F. The Morgan fingerprint density at radius 2 is 2.17 bits per heavy atom. The number of halogens is 1. The standard InChI is InChI=1S/C18H21FN2O2/c1-12(13-7-8-15(19)18(9-13)22-2)20-10-14-11-21-16-5-3-4-6-17(16)23-14/h3-9,12,14,20-21H,10-11H2,1-2H3/t12-,14?/m1/s1. The highest BCUT2D eigenvalue weighted by molar-refractivity contribution is 5.57. The number of ether oxygens (including phenoxy) is 2. The Morgan fingerprint density at radius 3 is 3.00 bits per heavy atom. The third kappa shape index (κ3) is 3.56. The fourth-order valence-corrected chi connectivity index (χ4v) is 2.65. The lowest BCUT2D eigenvalue weighted by atomic mass is 10.1. The van der Waals surface area contributed by atoms with Crippen molar-refractivity contribution < 1.29 is 13.9 Å². The van der Waals surface area contributed by atoms with E-state index in [2.05, 4.69) is 10.6 Å². The highest BCUT2D eigenvalue weighted by Crippen LogP contribution is 2.28. The van der Waals surface area contributed by atoms with Gasteiger partial charge in [-0.25, -0.2) is 4.39 Å². The fourth-order valence-electron chi connectivity index (χ4n) is 2.65. The van der Waals surface area contributed by atoms with Gasteiger partial charge in [0.05, 0.1) is 19.3 Å². The largest absolute Gasteiger partial charge is 0.494 e. The van der Waals surface area contributed by atoms with Crippen molar-refractivity contribution in [3.8, 4) is 11.5 Å². The van der Waals surface area contributed by atoms with Crippen molar-refractivity contribution in [2.24, 2.45) is 0 Å². The molecule has 0 radical (unpaired) electrons. The average Bonchev–Trinajstić information content (AvgIpc) is 2.60. The number of rotatable bonds is 5. The van der Waals surface area contributed by atoms with Crippen LogP contribution in [-0.4, -0.2) is 26.3 Å². The van der Waals surface area contributed by atoms with E-state index in [1.54, 1.807) is 12.1 Å². The first-order valence-electron chi connectivity index (χ1n) is 7.73. The second-order valence-electron chi connectivity index (χ2n) is 5.64. The molecule has 0 aromatic heterocycles. The topological polar surface area (TPSA) is 42.5 Å². The minimum atomic E-state index is -0.347. The minimum Gasteiger partial charge on any atom is -0.494 e. The van der Waals surface area contributed by atoms with Crippen LogP contribution in [0.2, 0.25) is 0 Å². The zero-order chi connectivity index (χ0) is 16.2. The molecule has 1 aliphatic rings. The van der Waals surface area contributed by atoms with Gasteiger partial charge in [-0.1, -0.05) is 18.2 Å². The minimum absolute atomic E-state index is 0.0506. The molecule has 1 heterocycles.